The number of anilines is 1. The number of hydrogen-bond acceptors (Lipinski definition) is 4. The molecule has 2 heterocycles. The van der Waals surface area contributed by atoms with Crippen molar-refractivity contribution in [3.8, 4) is 5.75 Å². The number of nitrogens with zero attached hydrogens (tertiary/aromatic N) is 1. The summed E-state index contributed by atoms with van der Waals surface area (Å²) in [5, 5.41) is 0. The van der Waals surface area contributed by atoms with Crippen LogP contribution in [-0.4, -0.2) is 11.8 Å². The molecule has 0 atom stereocenters. The van der Waals surface area contributed by atoms with Gasteiger partial charge >= 0.3 is 0 Å². The molecule has 82 valence electrons. The fourth-order valence-electron chi connectivity index (χ4n) is 1.92. The first kappa shape index (κ1) is 9.35. The van der Waals surface area contributed by atoms with Crippen molar-refractivity contribution in [2.45, 2.75) is 19.4 Å². The fraction of sp³-hybridized carbons (Fsp3) is 0.273. The number of benzene rings is 1. The average molecular weight is 219 g/mol. The standard InChI is InChI=1S/C11H9NO4/c13-10-3-4-11(14)12(10)8-1-2-9-7(5-8)6-15-16-9/h1-2,5H,3-4,6H2. The third kappa shape index (κ3) is 1.29. The molecule has 1 aromatic carbocycles. The second-order valence-electron chi connectivity index (χ2n) is 3.76. The van der Waals surface area contributed by atoms with E-state index >= 15 is 0 Å². The normalized spacial score (nSPS) is 18.9. The van der Waals surface area contributed by atoms with E-state index in [1.54, 1.807) is 18.2 Å². The number of carbonyl (C=O) groups excluding carboxylic acids is 2. The van der Waals surface area contributed by atoms with E-state index in [2.05, 4.69) is 0 Å². The lowest BCUT2D eigenvalue weighted by Gasteiger charge is -2.13. The summed E-state index contributed by atoms with van der Waals surface area (Å²) in [5.74, 6) is 0.345. The lowest BCUT2D eigenvalue weighted by molar-refractivity contribution is -0.194. The Bertz CT molecular complexity index is 467. The zero-order valence-corrected chi connectivity index (χ0v) is 8.43. The van der Waals surface area contributed by atoms with Crippen molar-refractivity contribution in [3.05, 3.63) is 23.8 Å². The molecule has 5 nitrogen and oxygen atoms in total. The molecule has 0 aliphatic carbocycles. The first-order chi connectivity index (χ1) is 7.75. The molecule has 1 saturated heterocycles. The molecular formula is C11H9NO4. The zero-order chi connectivity index (χ0) is 11.1. The number of fused-ring (bicyclic) bond motifs is 1. The van der Waals surface area contributed by atoms with Gasteiger partial charge in [0.1, 0.15) is 6.61 Å². The lowest BCUT2D eigenvalue weighted by atomic mass is 10.2. The largest absolute Gasteiger partial charge is 0.337 e. The van der Waals surface area contributed by atoms with Crippen molar-refractivity contribution in [2.75, 3.05) is 4.90 Å². The molecule has 5 heteroatoms. The van der Waals surface area contributed by atoms with Crippen molar-refractivity contribution in [1.82, 2.24) is 0 Å². The molecule has 3 rings (SSSR count). The van der Waals surface area contributed by atoms with Crippen LogP contribution in [0.3, 0.4) is 0 Å². The second-order valence-corrected chi connectivity index (χ2v) is 3.76. The molecule has 0 spiro atoms. The van der Waals surface area contributed by atoms with E-state index in [1.807, 2.05) is 0 Å². The van der Waals surface area contributed by atoms with E-state index in [0.29, 0.717) is 30.9 Å². The molecular weight excluding hydrogens is 210 g/mol. The minimum Gasteiger partial charge on any atom is -0.337 e. The molecule has 1 aromatic rings. The number of amides is 2. The van der Waals surface area contributed by atoms with E-state index < -0.39 is 0 Å². The monoisotopic (exact) mass is 219 g/mol. The topological polar surface area (TPSA) is 55.8 Å². The summed E-state index contributed by atoms with van der Waals surface area (Å²) in [6.07, 6.45) is 0.589. The Morgan fingerprint density at radius 1 is 1.12 bits per heavy atom. The molecule has 0 radical (unpaired) electrons. The smallest absolute Gasteiger partial charge is 0.234 e. The highest BCUT2D eigenvalue weighted by Crippen LogP contribution is 2.32. The quantitative estimate of drug-likeness (QED) is 0.525. The van der Waals surface area contributed by atoms with Crippen molar-refractivity contribution in [3.63, 3.8) is 0 Å². The molecule has 2 aliphatic heterocycles. The molecule has 2 amide bonds. The van der Waals surface area contributed by atoms with Gasteiger partial charge in [0.05, 0.1) is 5.69 Å². The average Bonchev–Trinajstić information content (AvgIpc) is 2.85. The van der Waals surface area contributed by atoms with E-state index in [4.69, 9.17) is 9.78 Å². The summed E-state index contributed by atoms with van der Waals surface area (Å²) in [6.45, 7) is 0.347. The number of carbonyl (C=O) groups is 2. The summed E-state index contributed by atoms with van der Waals surface area (Å²) in [4.78, 5) is 34.0. The van der Waals surface area contributed by atoms with E-state index in [1.165, 1.54) is 4.90 Å². The van der Waals surface area contributed by atoms with Crippen LogP contribution < -0.4 is 9.79 Å². The van der Waals surface area contributed by atoms with Gasteiger partial charge in [0.15, 0.2) is 5.75 Å². The Labute approximate surface area is 91.5 Å². The van der Waals surface area contributed by atoms with E-state index in [9.17, 15) is 9.59 Å². The van der Waals surface area contributed by atoms with Gasteiger partial charge in [-0.3, -0.25) is 14.5 Å². The van der Waals surface area contributed by atoms with Gasteiger partial charge < -0.3 is 4.89 Å². The summed E-state index contributed by atoms with van der Waals surface area (Å²) in [7, 11) is 0. The van der Waals surface area contributed by atoms with Crippen LogP contribution in [0.4, 0.5) is 5.69 Å². The van der Waals surface area contributed by atoms with Crippen LogP contribution in [0.25, 0.3) is 0 Å². The predicted octanol–water partition coefficient (Wildman–Crippen LogP) is 1.16. The molecule has 1 fully saturated rings. The summed E-state index contributed by atoms with van der Waals surface area (Å²) < 4.78 is 0. The number of rotatable bonds is 1. The first-order valence-electron chi connectivity index (χ1n) is 5.04. The summed E-state index contributed by atoms with van der Waals surface area (Å²) in [6, 6.07) is 5.15. The molecule has 0 saturated carbocycles. The van der Waals surface area contributed by atoms with Crippen LogP contribution in [0.2, 0.25) is 0 Å². The van der Waals surface area contributed by atoms with E-state index in [0.717, 1.165) is 5.56 Å². The SMILES string of the molecule is O=C1CCC(=O)N1c1ccc2c(c1)COO2. The second kappa shape index (κ2) is 3.31. The Balaban J connectivity index is 2.00. The molecule has 2 aliphatic rings. The van der Waals surface area contributed by atoms with Gasteiger partial charge in [0.2, 0.25) is 11.8 Å². The Morgan fingerprint density at radius 3 is 2.62 bits per heavy atom. The fourth-order valence-corrected chi connectivity index (χ4v) is 1.92. The Hall–Kier alpha value is -1.88. The minimum atomic E-state index is -0.148. The van der Waals surface area contributed by atoms with Gasteiger partial charge in [-0.05, 0) is 18.2 Å². The number of hydrogen-bond donors (Lipinski definition) is 0. The maximum Gasteiger partial charge on any atom is 0.234 e. The van der Waals surface area contributed by atoms with Gasteiger partial charge in [-0.2, -0.15) is 4.89 Å². The third-order valence-electron chi connectivity index (χ3n) is 2.72. The lowest BCUT2D eigenvalue weighted by Crippen LogP contribution is -2.28. The highest BCUT2D eigenvalue weighted by Gasteiger charge is 2.31. The molecule has 0 aromatic heterocycles. The van der Waals surface area contributed by atoms with Crippen molar-refractivity contribution in [2.24, 2.45) is 0 Å². The Morgan fingerprint density at radius 2 is 1.88 bits per heavy atom. The van der Waals surface area contributed by atoms with Gasteiger partial charge in [-0.25, -0.2) is 0 Å². The third-order valence-corrected chi connectivity index (χ3v) is 2.72. The minimum absolute atomic E-state index is 0.148. The highest BCUT2D eigenvalue weighted by molar-refractivity contribution is 6.19. The van der Waals surface area contributed by atoms with Crippen LogP contribution >= 0.6 is 0 Å². The molecule has 16 heavy (non-hydrogen) atoms. The van der Waals surface area contributed by atoms with Crippen molar-refractivity contribution in [1.29, 1.82) is 0 Å². The van der Waals surface area contributed by atoms with Gasteiger partial charge in [0.25, 0.3) is 0 Å². The van der Waals surface area contributed by atoms with Crippen LogP contribution in [-0.2, 0) is 21.1 Å². The zero-order valence-electron chi connectivity index (χ0n) is 8.43. The first-order valence-corrected chi connectivity index (χ1v) is 5.04. The maximum atomic E-state index is 11.5. The molecule has 0 bridgehead atoms. The Kier molecular flexibility index (Phi) is 1.94. The van der Waals surface area contributed by atoms with E-state index in [-0.39, 0.29) is 11.8 Å². The van der Waals surface area contributed by atoms with Crippen LogP contribution in [0.15, 0.2) is 18.2 Å². The van der Waals surface area contributed by atoms with Crippen LogP contribution in [0, 0.1) is 0 Å². The van der Waals surface area contributed by atoms with Gasteiger partial charge in [-0.15, -0.1) is 0 Å². The summed E-state index contributed by atoms with van der Waals surface area (Å²) in [5.41, 5.74) is 1.45. The highest BCUT2D eigenvalue weighted by atomic mass is 17.2. The van der Waals surface area contributed by atoms with Crippen LogP contribution in [0.5, 0.6) is 5.75 Å². The van der Waals surface area contributed by atoms with Gasteiger partial charge in [0, 0.05) is 18.4 Å². The molecule has 0 unspecified atom stereocenters. The van der Waals surface area contributed by atoms with Crippen LogP contribution in [0.1, 0.15) is 18.4 Å². The van der Waals surface area contributed by atoms with Crippen molar-refractivity contribution >= 4 is 17.5 Å². The number of imide groups is 1. The maximum absolute atomic E-state index is 11.5. The van der Waals surface area contributed by atoms with Crippen molar-refractivity contribution < 1.29 is 19.4 Å². The summed E-state index contributed by atoms with van der Waals surface area (Å²) >= 11 is 0. The predicted molar refractivity (Wildman–Crippen MR) is 53.6 cm³/mol. The van der Waals surface area contributed by atoms with Gasteiger partial charge in [-0.1, -0.05) is 0 Å². The molecule has 0 N–H and O–H groups in total.